The second-order valence-corrected chi connectivity index (χ2v) is 6.78. The summed E-state index contributed by atoms with van der Waals surface area (Å²) in [5.41, 5.74) is 2.91. The maximum atomic E-state index is 12.6. The van der Waals surface area contributed by atoms with E-state index in [0.717, 1.165) is 16.6 Å². The van der Waals surface area contributed by atoms with E-state index in [2.05, 4.69) is 5.32 Å². The first-order chi connectivity index (χ1) is 12.4. The zero-order chi connectivity index (χ0) is 18.8. The molecule has 3 aromatic rings. The van der Waals surface area contributed by atoms with Crippen LogP contribution in [0, 0.1) is 6.92 Å². The summed E-state index contributed by atoms with van der Waals surface area (Å²) >= 11 is 6.19. The fourth-order valence-electron chi connectivity index (χ4n) is 2.90. The lowest BCUT2D eigenvalue weighted by Crippen LogP contribution is -2.22. The van der Waals surface area contributed by atoms with Crippen LogP contribution in [0.5, 0.6) is 0 Å². The minimum absolute atomic E-state index is 0.149. The van der Waals surface area contributed by atoms with Crippen LogP contribution in [0.1, 0.15) is 16.1 Å². The third-order valence-electron chi connectivity index (χ3n) is 4.21. The summed E-state index contributed by atoms with van der Waals surface area (Å²) in [4.78, 5) is 26.1. The molecule has 0 atom stereocenters. The number of amides is 2. The van der Waals surface area contributed by atoms with Gasteiger partial charge in [0.15, 0.2) is 0 Å². The Kier molecular flexibility index (Phi) is 5.00. The van der Waals surface area contributed by atoms with E-state index in [-0.39, 0.29) is 18.4 Å². The summed E-state index contributed by atoms with van der Waals surface area (Å²) < 4.78 is 1.95. The van der Waals surface area contributed by atoms with E-state index in [1.165, 1.54) is 4.90 Å². The van der Waals surface area contributed by atoms with Crippen molar-refractivity contribution in [2.45, 2.75) is 13.5 Å². The highest BCUT2D eigenvalue weighted by molar-refractivity contribution is 6.33. The van der Waals surface area contributed by atoms with E-state index in [9.17, 15) is 9.59 Å². The Bertz CT molecular complexity index is 992. The summed E-state index contributed by atoms with van der Waals surface area (Å²) in [6.07, 6.45) is 0. The Morgan fingerprint density at radius 2 is 1.85 bits per heavy atom. The van der Waals surface area contributed by atoms with Crippen molar-refractivity contribution in [3.8, 4) is 0 Å². The van der Waals surface area contributed by atoms with E-state index in [1.807, 2.05) is 41.8 Å². The minimum Gasteiger partial charge on any atom is -0.345 e. The maximum Gasteiger partial charge on any atom is 0.253 e. The fourth-order valence-corrected chi connectivity index (χ4v) is 3.07. The number of carbonyl (C=O) groups excluding carboxylic acids is 2. The molecule has 26 heavy (non-hydrogen) atoms. The summed E-state index contributed by atoms with van der Waals surface area (Å²) in [5, 5.41) is 4.30. The number of nitrogens with one attached hydrogen (secondary N) is 1. The third kappa shape index (κ3) is 3.58. The summed E-state index contributed by atoms with van der Waals surface area (Å²) in [5.74, 6) is -0.352. The first kappa shape index (κ1) is 18.0. The monoisotopic (exact) mass is 369 g/mol. The molecule has 0 fully saturated rings. The van der Waals surface area contributed by atoms with Crippen LogP contribution in [-0.2, 0) is 11.3 Å². The molecule has 0 aliphatic carbocycles. The summed E-state index contributed by atoms with van der Waals surface area (Å²) in [7, 11) is 3.35. The molecule has 134 valence electrons. The average Bonchev–Trinajstić information content (AvgIpc) is 2.92. The van der Waals surface area contributed by atoms with Crippen LogP contribution in [0.3, 0.4) is 0 Å². The average molecular weight is 370 g/mol. The van der Waals surface area contributed by atoms with Gasteiger partial charge in [0.1, 0.15) is 6.54 Å². The number of aryl methyl sites for hydroxylation is 1. The molecule has 1 aromatic heterocycles. The largest absolute Gasteiger partial charge is 0.345 e. The molecule has 1 N–H and O–H groups in total. The van der Waals surface area contributed by atoms with Gasteiger partial charge in [0.25, 0.3) is 5.91 Å². The Labute approximate surface area is 157 Å². The number of aromatic nitrogens is 1. The van der Waals surface area contributed by atoms with Crippen molar-refractivity contribution in [2.75, 3.05) is 19.4 Å². The Morgan fingerprint density at radius 3 is 2.58 bits per heavy atom. The van der Waals surface area contributed by atoms with Crippen molar-refractivity contribution in [1.29, 1.82) is 0 Å². The Morgan fingerprint density at radius 1 is 1.12 bits per heavy atom. The van der Waals surface area contributed by atoms with Crippen LogP contribution in [0.25, 0.3) is 10.9 Å². The van der Waals surface area contributed by atoms with Gasteiger partial charge in [-0.15, -0.1) is 0 Å². The summed E-state index contributed by atoms with van der Waals surface area (Å²) in [6, 6.07) is 14.8. The zero-order valence-corrected chi connectivity index (χ0v) is 15.7. The predicted octanol–water partition coefficient (Wildman–Crippen LogP) is 3.94. The number of halogens is 1. The third-order valence-corrected chi connectivity index (χ3v) is 4.54. The lowest BCUT2D eigenvalue weighted by Gasteiger charge is -2.14. The second kappa shape index (κ2) is 7.22. The van der Waals surface area contributed by atoms with E-state index in [4.69, 9.17) is 11.6 Å². The molecular formula is C20H20ClN3O2. The van der Waals surface area contributed by atoms with Gasteiger partial charge in [-0.3, -0.25) is 9.59 Å². The topological polar surface area (TPSA) is 54.3 Å². The molecule has 0 aliphatic heterocycles. The van der Waals surface area contributed by atoms with Crippen LogP contribution < -0.4 is 5.32 Å². The molecule has 0 saturated heterocycles. The van der Waals surface area contributed by atoms with Gasteiger partial charge in [-0.1, -0.05) is 29.8 Å². The number of benzene rings is 2. The highest BCUT2D eigenvalue weighted by Crippen LogP contribution is 2.24. The number of carbonyl (C=O) groups is 2. The smallest absolute Gasteiger partial charge is 0.253 e. The first-order valence-electron chi connectivity index (χ1n) is 8.22. The Hall–Kier alpha value is -2.79. The molecule has 0 saturated carbocycles. The van der Waals surface area contributed by atoms with E-state index >= 15 is 0 Å². The lowest BCUT2D eigenvalue weighted by molar-refractivity contribution is -0.116. The molecule has 2 aromatic carbocycles. The lowest BCUT2D eigenvalue weighted by atomic mass is 10.2. The summed E-state index contributed by atoms with van der Waals surface area (Å²) in [6.45, 7) is 2.14. The number of hydrogen-bond donors (Lipinski definition) is 1. The van der Waals surface area contributed by atoms with Crippen LogP contribution in [0.2, 0.25) is 5.02 Å². The van der Waals surface area contributed by atoms with Crippen LogP contribution in [0.4, 0.5) is 5.69 Å². The van der Waals surface area contributed by atoms with Crippen molar-refractivity contribution < 1.29 is 9.59 Å². The predicted molar refractivity (Wildman–Crippen MR) is 105 cm³/mol. The van der Waals surface area contributed by atoms with Crippen molar-refractivity contribution in [1.82, 2.24) is 9.47 Å². The quantitative estimate of drug-likeness (QED) is 0.757. The second-order valence-electron chi connectivity index (χ2n) is 6.37. The molecule has 1 heterocycles. The number of para-hydroxylation sites is 1. The van der Waals surface area contributed by atoms with E-state index in [1.54, 1.807) is 32.3 Å². The van der Waals surface area contributed by atoms with Gasteiger partial charge in [0.05, 0.1) is 10.7 Å². The van der Waals surface area contributed by atoms with Crippen molar-refractivity contribution >= 4 is 40.0 Å². The van der Waals surface area contributed by atoms with Gasteiger partial charge in [-0.2, -0.15) is 0 Å². The normalized spacial score (nSPS) is 10.8. The number of nitrogens with zero attached hydrogens (tertiary/aromatic N) is 2. The standard InChI is InChI=1S/C20H20ClN3O2/c1-13-10-14-6-4-5-7-18(14)24(13)12-19(25)22-17-11-15(8-9-16(17)21)20(26)23(2)3/h4-11H,12H2,1-3H3,(H,22,25). The molecule has 0 spiro atoms. The molecule has 5 nitrogen and oxygen atoms in total. The molecule has 3 rings (SSSR count). The minimum atomic E-state index is -0.203. The number of hydrogen-bond acceptors (Lipinski definition) is 2. The van der Waals surface area contributed by atoms with Gasteiger partial charge in [0.2, 0.25) is 5.91 Å². The van der Waals surface area contributed by atoms with Gasteiger partial charge in [-0.05, 0) is 42.6 Å². The SMILES string of the molecule is Cc1cc2ccccc2n1CC(=O)Nc1cc(C(=O)N(C)C)ccc1Cl. The fraction of sp³-hybridized carbons (Fsp3) is 0.200. The van der Waals surface area contributed by atoms with Crippen molar-refractivity contribution in [3.63, 3.8) is 0 Å². The van der Waals surface area contributed by atoms with Crippen LogP contribution in [-0.4, -0.2) is 35.4 Å². The highest BCUT2D eigenvalue weighted by Gasteiger charge is 2.14. The maximum absolute atomic E-state index is 12.6. The highest BCUT2D eigenvalue weighted by atomic mass is 35.5. The van der Waals surface area contributed by atoms with Gasteiger partial charge in [0, 0.05) is 30.9 Å². The van der Waals surface area contributed by atoms with Crippen LogP contribution >= 0.6 is 11.6 Å². The van der Waals surface area contributed by atoms with Gasteiger partial charge < -0.3 is 14.8 Å². The van der Waals surface area contributed by atoms with E-state index < -0.39 is 0 Å². The van der Waals surface area contributed by atoms with Crippen molar-refractivity contribution in [2.24, 2.45) is 0 Å². The van der Waals surface area contributed by atoms with Crippen LogP contribution in [0.15, 0.2) is 48.5 Å². The molecular weight excluding hydrogens is 350 g/mol. The van der Waals surface area contributed by atoms with Crippen molar-refractivity contribution in [3.05, 3.63) is 64.8 Å². The molecule has 0 aliphatic rings. The Balaban J connectivity index is 1.83. The number of fused-ring (bicyclic) bond motifs is 1. The first-order valence-corrected chi connectivity index (χ1v) is 8.60. The molecule has 0 unspecified atom stereocenters. The molecule has 6 heteroatoms. The van der Waals surface area contributed by atoms with E-state index in [0.29, 0.717) is 16.3 Å². The molecule has 0 radical (unpaired) electrons. The number of rotatable bonds is 4. The zero-order valence-electron chi connectivity index (χ0n) is 14.9. The van der Waals surface area contributed by atoms with Gasteiger partial charge in [-0.25, -0.2) is 0 Å². The number of anilines is 1. The van der Waals surface area contributed by atoms with Gasteiger partial charge >= 0.3 is 0 Å². The molecule has 2 amide bonds. The molecule has 0 bridgehead atoms.